The summed E-state index contributed by atoms with van der Waals surface area (Å²) in [4.78, 5) is 24.0. The molecule has 10 aromatic carbocycles. The van der Waals surface area contributed by atoms with Crippen molar-refractivity contribution in [2.45, 2.75) is 0 Å². The molecule has 0 saturated carbocycles. The van der Waals surface area contributed by atoms with E-state index < -0.39 is 46.7 Å². The van der Waals surface area contributed by atoms with Crippen LogP contribution in [0.25, 0.3) is 87.0 Å². The van der Waals surface area contributed by atoms with Crippen LogP contribution in [0.2, 0.25) is 0 Å². The molecule has 6 heterocycles. The molecule has 16 rings (SSSR count). The summed E-state index contributed by atoms with van der Waals surface area (Å²) in [5.74, 6) is -4.50. The Labute approximate surface area is 654 Å². The third-order valence-electron chi connectivity index (χ3n) is 13.5. The average Bonchev–Trinajstić information content (AvgIpc) is 0.843. The summed E-state index contributed by atoms with van der Waals surface area (Å²) in [6.45, 7) is 0. The van der Waals surface area contributed by atoms with Crippen molar-refractivity contribution < 1.29 is 35.1 Å². The molecule has 0 aliphatic heterocycles. The lowest BCUT2D eigenvalue weighted by Gasteiger charge is -2.02. The molecule has 16 aromatic rings. The first kappa shape index (κ1) is 74.7. The van der Waals surface area contributed by atoms with Crippen LogP contribution in [0.4, 0.5) is 35.1 Å². The van der Waals surface area contributed by atoms with E-state index in [0.717, 1.165) is 16.6 Å². The first-order valence-corrected chi connectivity index (χ1v) is 36.7. The third kappa shape index (κ3) is 20.3. The fraction of sp³-hybridized carbons (Fsp3) is 0. The summed E-state index contributed by atoms with van der Waals surface area (Å²) in [5, 5.41) is 8.50. The van der Waals surface area contributed by atoms with E-state index in [1.54, 1.807) is 163 Å². The van der Waals surface area contributed by atoms with Crippen molar-refractivity contribution in [1.29, 1.82) is 0 Å². The van der Waals surface area contributed by atoms with Gasteiger partial charge < -0.3 is 0 Å². The second-order valence-electron chi connectivity index (χ2n) is 19.9. The molecule has 0 saturated heterocycles. The molecule has 0 fully saturated rings. The molecular weight excluding hydrogens is 2140 g/mol. The minimum atomic E-state index is -0.753. The lowest BCUT2D eigenvalue weighted by atomic mass is 10.1. The van der Waals surface area contributed by atoms with Crippen LogP contribution in [0, 0.1) is 75.2 Å². The van der Waals surface area contributed by atoms with E-state index in [2.05, 4.69) is 217 Å². The van der Waals surface area contributed by atoms with Gasteiger partial charge in [0.2, 0.25) is 5.95 Å². The lowest BCUT2D eigenvalue weighted by Crippen LogP contribution is -1.94. The van der Waals surface area contributed by atoms with Gasteiger partial charge in [0.05, 0.1) is 38.3 Å². The highest BCUT2D eigenvalue weighted by molar-refractivity contribution is 14.1. The molecule has 0 aliphatic rings. The van der Waals surface area contributed by atoms with E-state index in [9.17, 15) is 35.1 Å². The second kappa shape index (κ2) is 36.5. The topological polar surface area (TPSA) is 77.3 Å². The highest BCUT2D eigenvalue weighted by atomic mass is 127. The number of nitrogens with zero attached hydrogens (tertiary/aromatic N) is 6. The molecule has 0 unspecified atom stereocenters. The van der Waals surface area contributed by atoms with Crippen LogP contribution in [-0.2, 0) is 0 Å². The molecule has 0 radical (unpaired) electrons. The summed E-state index contributed by atoms with van der Waals surface area (Å²) < 4.78 is 111. The number of hydrogen-bond donors (Lipinski definition) is 0. The minimum Gasteiger partial charge on any atom is -0.256 e. The normalized spacial score (nSPS) is 10.5. The van der Waals surface area contributed by atoms with Crippen molar-refractivity contribution in [3.8, 4) is 0 Å². The average molecular weight is 2180 g/mol. The van der Waals surface area contributed by atoms with E-state index in [4.69, 9.17) is 0 Å². The van der Waals surface area contributed by atoms with Crippen LogP contribution in [0.5, 0.6) is 0 Å². The van der Waals surface area contributed by atoms with Crippen molar-refractivity contribution in [2.75, 3.05) is 0 Å². The minimum absolute atomic E-state index is 0.0104. The highest BCUT2D eigenvalue weighted by Gasteiger charge is 2.14. The van der Waals surface area contributed by atoms with Gasteiger partial charge in [-0.05, 0) is 306 Å². The Kier molecular flexibility index (Phi) is 28.4. The van der Waals surface area contributed by atoms with Crippen molar-refractivity contribution in [1.82, 2.24) is 29.9 Å². The van der Waals surface area contributed by atoms with Crippen LogP contribution >= 0.6 is 181 Å². The third-order valence-corrected chi connectivity index (χ3v) is 20.0. The zero-order valence-electron chi connectivity index (χ0n) is 49.0. The van der Waals surface area contributed by atoms with E-state index >= 15 is 0 Å². The number of fused-ring (bicyclic) bond motifs is 8. The van der Waals surface area contributed by atoms with Gasteiger partial charge in [0, 0.05) is 89.0 Å². The number of rotatable bonds is 0. The quantitative estimate of drug-likeness (QED) is 0.0652. The fourth-order valence-corrected chi connectivity index (χ4v) is 12.6. The van der Waals surface area contributed by atoms with Crippen molar-refractivity contribution >= 4 is 268 Å². The van der Waals surface area contributed by atoms with E-state index in [1.165, 1.54) is 71.8 Å². The Morgan fingerprint density at radius 2 is 0.646 bits per heavy atom. The maximum atomic E-state index is 13.4. The van der Waals surface area contributed by atoms with Crippen LogP contribution in [0.1, 0.15) is 0 Å². The molecule has 6 nitrogen and oxygen atoms in total. The van der Waals surface area contributed by atoms with Crippen LogP contribution < -0.4 is 0 Å². The molecule has 96 heavy (non-hydrogen) atoms. The number of benzene rings is 10. The first-order valence-electron chi connectivity index (χ1n) is 28.1. The van der Waals surface area contributed by atoms with Gasteiger partial charge in [0.1, 0.15) is 38.2 Å². The van der Waals surface area contributed by atoms with Gasteiger partial charge in [0.15, 0.2) is 11.6 Å². The van der Waals surface area contributed by atoms with Crippen LogP contribution in [-0.4, -0.2) is 29.9 Å². The predicted molar refractivity (Wildman–Crippen MR) is 440 cm³/mol. The number of aromatic nitrogens is 6. The van der Waals surface area contributed by atoms with Crippen LogP contribution in [0.15, 0.2) is 255 Å². The van der Waals surface area contributed by atoms with Crippen molar-refractivity contribution in [2.24, 2.45) is 0 Å². The molecule has 0 bridgehead atoms. The molecule has 0 N–H and O–H groups in total. The van der Waals surface area contributed by atoms with Gasteiger partial charge in [-0.1, -0.05) is 109 Å². The smallest absolute Gasteiger partial charge is 0.229 e. The van der Waals surface area contributed by atoms with E-state index in [-0.39, 0.29) is 19.8 Å². The number of para-hydroxylation sites is 2. The zero-order valence-corrected chi connectivity index (χ0v) is 66.2. The SMILES string of the molecule is Fc1cc2ccccc2c(F)c1I.Fc1cc2cccnc2c(F)c1I.Fc1cc2ncccc2c(F)c1I.Fc1nc2ccccc2c(F)c1I.Ic1ccc2ccccc2c1.Ic1ccc2cccnc2c1.Ic1ccc2ncccc2c1.Ic1cnc2ccccc2c1. The fourth-order valence-electron chi connectivity index (χ4n) is 8.91. The Balaban J connectivity index is 0.000000129. The molecule has 6 aromatic heterocycles. The molecular formula is C74H42F8I8N6. The van der Waals surface area contributed by atoms with Gasteiger partial charge >= 0.3 is 0 Å². The Morgan fingerprint density at radius 3 is 1.33 bits per heavy atom. The number of pyridine rings is 6. The monoisotopic (exact) mass is 2180 g/mol. The maximum Gasteiger partial charge on any atom is 0.229 e. The van der Waals surface area contributed by atoms with Gasteiger partial charge in [-0.2, -0.15) is 4.39 Å². The Morgan fingerprint density at radius 1 is 0.240 bits per heavy atom. The first-order chi connectivity index (χ1) is 46.2. The zero-order chi connectivity index (χ0) is 68.4. The van der Waals surface area contributed by atoms with Gasteiger partial charge in [0.25, 0.3) is 0 Å². The largest absolute Gasteiger partial charge is 0.256 e. The summed E-state index contributed by atoms with van der Waals surface area (Å²) in [6, 6.07) is 69.4. The van der Waals surface area contributed by atoms with Gasteiger partial charge in [-0.25, -0.2) is 35.7 Å². The van der Waals surface area contributed by atoms with Gasteiger partial charge in [-0.15, -0.1) is 0 Å². The summed E-state index contributed by atoms with van der Waals surface area (Å²) in [6.07, 6.45) is 8.50. The second-order valence-corrected chi connectivity index (χ2v) is 29.2. The molecule has 0 spiro atoms. The standard InChI is InChI=1S/C10H5F2I.C10H7I.3C9H4F2IN.3C9H6IN/c11-8-5-6-3-1-2-4-7(6)9(12)10(8)13;11-10-6-5-8-3-1-2-4-9(8)7-10;10-6-4-7-5(2-1-3-13-7)8(11)9(6)12;10-6-4-5-2-1-3-13-9(5)7(11)8(6)12;10-7-5-3-1-2-4-6(5)13-9(11)8(7)12;10-8-3-4-9-7(6-8)2-1-5-11-9;10-8-4-3-7-2-1-5-11-9(7)6-8;10-8-5-7-3-1-2-4-9(7)11-6-8/h1-5H;1-7H;3*1-4H;3*1-6H. The van der Waals surface area contributed by atoms with E-state index in [0.29, 0.717) is 38.0 Å². The summed E-state index contributed by atoms with van der Waals surface area (Å²) in [5.41, 5.74) is 4.10. The predicted octanol–water partition coefficient (Wildman–Crippen LogP) is 25.0. The molecule has 22 heteroatoms. The van der Waals surface area contributed by atoms with Crippen LogP contribution in [0.3, 0.4) is 0 Å². The Hall–Kier alpha value is -5.54. The maximum absolute atomic E-state index is 13.4. The number of halogens is 16. The summed E-state index contributed by atoms with van der Waals surface area (Å²) in [7, 11) is 0. The van der Waals surface area contributed by atoms with Crippen molar-refractivity contribution in [3.05, 3.63) is 331 Å². The lowest BCUT2D eigenvalue weighted by molar-refractivity contribution is 0.550. The van der Waals surface area contributed by atoms with Gasteiger partial charge in [-0.3, -0.25) is 24.9 Å². The highest BCUT2D eigenvalue weighted by Crippen LogP contribution is 2.28. The Bertz CT molecular complexity index is 4750. The number of hydrogen-bond acceptors (Lipinski definition) is 6. The van der Waals surface area contributed by atoms with E-state index in [1.807, 2.05) is 55.0 Å². The molecule has 0 atom stereocenters. The summed E-state index contributed by atoms with van der Waals surface area (Å²) >= 11 is 15.7. The molecule has 0 amide bonds. The van der Waals surface area contributed by atoms with Crippen molar-refractivity contribution in [3.63, 3.8) is 0 Å². The molecule has 480 valence electrons. The molecule has 0 aliphatic carbocycles.